The van der Waals surface area contributed by atoms with Gasteiger partial charge in [-0.25, -0.2) is 0 Å². The molecule has 1 unspecified atom stereocenters. The molecule has 0 nitrogen and oxygen atoms in total. The van der Waals surface area contributed by atoms with Gasteiger partial charge in [0.1, 0.15) is 0 Å². The van der Waals surface area contributed by atoms with Crippen LogP contribution in [0.15, 0.2) is 29.2 Å². The Morgan fingerprint density at radius 1 is 1.15 bits per heavy atom. The van der Waals surface area contributed by atoms with Crippen molar-refractivity contribution in [2.24, 2.45) is 0 Å². The lowest BCUT2D eigenvalue weighted by Crippen LogP contribution is -2.04. The first-order valence-corrected chi connectivity index (χ1v) is 5.98. The summed E-state index contributed by atoms with van der Waals surface area (Å²) in [5.41, 5.74) is -0.628. The average Bonchev–Trinajstić information content (AvgIpc) is 2.03. The van der Waals surface area contributed by atoms with Crippen LogP contribution in [0.3, 0.4) is 0 Å². The van der Waals surface area contributed by atoms with Crippen LogP contribution in [-0.2, 0) is 26.8 Å². The molecule has 1 aromatic carbocycles. The normalized spacial score (nSPS) is 14.2. The second kappa shape index (κ2) is 3.75. The Kier molecular flexibility index (Phi) is 3.08. The molecule has 0 fully saturated rings. The van der Waals surface area contributed by atoms with Crippen molar-refractivity contribution in [1.29, 1.82) is 0 Å². The zero-order valence-electron chi connectivity index (χ0n) is 6.76. The number of alkyl halides is 3. The lowest BCUT2D eigenvalue weighted by molar-refractivity contribution is -0.137. The van der Waals surface area contributed by atoms with Crippen LogP contribution in [-0.4, -0.2) is 6.26 Å². The topological polar surface area (TPSA) is 0 Å². The number of hydrogen-bond acceptors (Lipinski definition) is 1. The van der Waals surface area contributed by atoms with Gasteiger partial charge in [-0.05, 0) is 41.7 Å². The molecule has 0 heterocycles. The predicted octanol–water partition coefficient (Wildman–Crippen LogP) is 2.77. The van der Waals surface area contributed by atoms with Gasteiger partial charge in [0.15, 0.2) is 0 Å². The Morgan fingerprint density at radius 3 is 1.92 bits per heavy atom. The molecular weight excluding hydrogens is 217 g/mol. The van der Waals surface area contributed by atoms with Crippen molar-refractivity contribution in [1.82, 2.24) is 0 Å². The Labute approximate surface area is 81.4 Å². The number of halogens is 3. The van der Waals surface area contributed by atoms with Crippen molar-refractivity contribution in [3.63, 3.8) is 0 Å². The van der Waals surface area contributed by atoms with Gasteiger partial charge in [-0.15, -0.1) is 0 Å². The second-order valence-electron chi connectivity index (χ2n) is 2.48. The van der Waals surface area contributed by atoms with E-state index in [1.165, 1.54) is 12.1 Å². The molecule has 1 aromatic rings. The van der Waals surface area contributed by atoms with E-state index in [1.807, 2.05) is 0 Å². The van der Waals surface area contributed by atoms with Crippen LogP contribution >= 0.6 is 0 Å². The molecule has 1 atom stereocenters. The maximum atomic E-state index is 12.1. The first-order valence-electron chi connectivity index (χ1n) is 3.42. The highest BCUT2D eigenvalue weighted by Crippen LogP contribution is 2.29. The molecule has 0 aliphatic rings. The highest BCUT2D eigenvalue weighted by atomic mass is 32.8. The van der Waals surface area contributed by atoms with Crippen LogP contribution in [0, 0.1) is 0 Å². The maximum absolute atomic E-state index is 12.1. The van der Waals surface area contributed by atoms with Crippen molar-refractivity contribution in [2.75, 3.05) is 6.26 Å². The van der Waals surface area contributed by atoms with Crippen molar-refractivity contribution >= 4 is 20.6 Å². The van der Waals surface area contributed by atoms with Gasteiger partial charge in [-0.1, -0.05) is 9.45 Å². The van der Waals surface area contributed by atoms with Crippen molar-refractivity contribution in [3.8, 4) is 0 Å². The molecule has 0 aromatic heterocycles. The highest BCUT2D eigenvalue weighted by molar-refractivity contribution is 8.28. The fourth-order valence-corrected chi connectivity index (χ4v) is 1.69. The molecule has 0 radical (unpaired) electrons. The van der Waals surface area contributed by atoms with E-state index < -0.39 is 21.2 Å². The summed E-state index contributed by atoms with van der Waals surface area (Å²) < 4.78 is 36.3. The summed E-state index contributed by atoms with van der Waals surface area (Å²) in [5, 5.41) is 0. The van der Waals surface area contributed by atoms with Crippen LogP contribution in [0.2, 0.25) is 0 Å². The zero-order chi connectivity index (χ0) is 10.1. The first-order chi connectivity index (χ1) is 5.91. The Hall–Kier alpha value is -0.420. The number of benzene rings is 1. The molecule has 0 N–H and O–H groups in total. The van der Waals surface area contributed by atoms with Gasteiger partial charge in [-0.3, -0.25) is 0 Å². The van der Waals surface area contributed by atoms with Crippen LogP contribution in [0.25, 0.3) is 0 Å². The molecule has 0 saturated carbocycles. The smallest absolute Gasteiger partial charge is 0.166 e. The van der Waals surface area contributed by atoms with E-state index in [-0.39, 0.29) is 0 Å². The summed E-state index contributed by atoms with van der Waals surface area (Å²) in [6.45, 7) is 0. The fraction of sp³-hybridized carbons (Fsp3) is 0.250. The van der Waals surface area contributed by atoms with Gasteiger partial charge in [0.2, 0.25) is 0 Å². The number of rotatable bonds is 1. The van der Waals surface area contributed by atoms with E-state index in [0.29, 0.717) is 0 Å². The Bertz CT molecular complexity index is 313. The molecule has 0 aliphatic heterocycles. The molecule has 0 bridgehead atoms. The summed E-state index contributed by atoms with van der Waals surface area (Å²) in [4.78, 5) is 0.767. The van der Waals surface area contributed by atoms with Gasteiger partial charge < -0.3 is 0 Å². The molecular formula is C8H7F3S2. The third kappa shape index (κ3) is 2.77. The minimum Gasteiger partial charge on any atom is -0.166 e. The molecule has 0 spiro atoms. The van der Waals surface area contributed by atoms with Crippen LogP contribution in [0.5, 0.6) is 0 Å². The quantitative estimate of drug-likeness (QED) is 0.707. The fourth-order valence-electron chi connectivity index (χ4n) is 0.836. The van der Waals surface area contributed by atoms with Gasteiger partial charge in [0, 0.05) is 4.90 Å². The SMILES string of the molecule is CS(=S)c1ccc(C(F)(F)F)cc1. The lowest BCUT2D eigenvalue weighted by Gasteiger charge is -2.06. The minimum absolute atomic E-state index is 0.398. The van der Waals surface area contributed by atoms with Crippen molar-refractivity contribution in [3.05, 3.63) is 29.8 Å². The number of hydrogen-bond donors (Lipinski definition) is 0. The van der Waals surface area contributed by atoms with Crippen molar-refractivity contribution in [2.45, 2.75) is 11.1 Å². The summed E-state index contributed by atoms with van der Waals surface area (Å²) in [6, 6.07) is 4.98. The molecule has 0 saturated heterocycles. The average molecular weight is 224 g/mol. The maximum Gasteiger partial charge on any atom is 0.416 e. The largest absolute Gasteiger partial charge is 0.416 e. The minimum atomic E-state index is -4.26. The Morgan fingerprint density at radius 2 is 1.62 bits per heavy atom. The zero-order valence-corrected chi connectivity index (χ0v) is 8.39. The van der Waals surface area contributed by atoms with E-state index in [1.54, 1.807) is 6.26 Å². The lowest BCUT2D eigenvalue weighted by atomic mass is 10.2. The monoisotopic (exact) mass is 224 g/mol. The summed E-state index contributed by atoms with van der Waals surface area (Å²) in [6.07, 6.45) is -2.47. The van der Waals surface area contributed by atoms with E-state index >= 15 is 0 Å². The van der Waals surface area contributed by atoms with E-state index in [0.717, 1.165) is 17.0 Å². The molecule has 13 heavy (non-hydrogen) atoms. The van der Waals surface area contributed by atoms with Gasteiger partial charge >= 0.3 is 6.18 Å². The summed E-state index contributed by atoms with van der Waals surface area (Å²) >= 11 is 4.93. The Balaban J connectivity index is 3.01. The summed E-state index contributed by atoms with van der Waals surface area (Å²) in [7, 11) is -0.398. The van der Waals surface area contributed by atoms with Crippen LogP contribution in [0.1, 0.15) is 5.56 Å². The van der Waals surface area contributed by atoms with Gasteiger partial charge in [-0.2, -0.15) is 13.2 Å². The predicted molar refractivity (Wildman–Crippen MR) is 50.4 cm³/mol. The highest BCUT2D eigenvalue weighted by Gasteiger charge is 2.29. The van der Waals surface area contributed by atoms with Crippen LogP contribution in [0.4, 0.5) is 13.2 Å². The van der Waals surface area contributed by atoms with Crippen LogP contribution < -0.4 is 0 Å². The van der Waals surface area contributed by atoms with Gasteiger partial charge in [0.05, 0.1) is 5.56 Å². The van der Waals surface area contributed by atoms with Crippen molar-refractivity contribution < 1.29 is 13.2 Å². The molecule has 5 heteroatoms. The third-order valence-corrected chi connectivity index (χ3v) is 3.03. The summed E-state index contributed by atoms with van der Waals surface area (Å²) in [5.74, 6) is 0. The second-order valence-corrected chi connectivity index (χ2v) is 5.36. The van der Waals surface area contributed by atoms with E-state index in [9.17, 15) is 13.2 Å². The molecule has 72 valence electrons. The molecule has 0 amide bonds. The van der Waals surface area contributed by atoms with E-state index in [2.05, 4.69) is 0 Å². The third-order valence-electron chi connectivity index (χ3n) is 1.51. The van der Waals surface area contributed by atoms with E-state index in [4.69, 9.17) is 11.2 Å². The molecule has 0 aliphatic carbocycles. The standard InChI is InChI=1S/C8H7F3S2/c1-13(12)7-4-2-6(3-5-7)8(9,10)11/h2-5H,1H3. The molecule has 1 rings (SSSR count). The first kappa shape index (κ1) is 10.7. The van der Waals surface area contributed by atoms with Gasteiger partial charge in [0.25, 0.3) is 0 Å².